The van der Waals surface area contributed by atoms with Crippen LogP contribution in [0.25, 0.3) is 5.82 Å². The van der Waals surface area contributed by atoms with Crippen LogP contribution in [0.1, 0.15) is 34.6 Å². The average Bonchev–Trinajstić information content (AvgIpc) is 3.60. The van der Waals surface area contributed by atoms with Gasteiger partial charge in [-0.1, -0.05) is 5.21 Å². The molecule has 0 unspecified atom stereocenters. The molecular formula is C20H25N9O5. The number of ether oxygens (including phenoxy) is 3. The Morgan fingerprint density at radius 2 is 1.88 bits per heavy atom. The Kier molecular flexibility index (Phi) is 6.87. The number of hydrazone groups is 1. The summed E-state index contributed by atoms with van der Waals surface area (Å²) in [7, 11) is 4.55. The summed E-state index contributed by atoms with van der Waals surface area (Å²) in [6.45, 7) is 2.28. The zero-order chi connectivity index (χ0) is 24.1. The van der Waals surface area contributed by atoms with E-state index >= 15 is 0 Å². The maximum atomic E-state index is 13.1. The molecule has 14 heteroatoms. The number of methoxy groups -OCH3 is 3. The first kappa shape index (κ1) is 23.0. The normalized spacial score (nSPS) is 14.0. The molecule has 34 heavy (non-hydrogen) atoms. The molecule has 0 aliphatic carbocycles. The Morgan fingerprint density at radius 1 is 1.18 bits per heavy atom. The Balaban J connectivity index is 1.59. The molecule has 180 valence electrons. The monoisotopic (exact) mass is 471 g/mol. The number of nitrogen functional groups attached to an aromatic ring is 1. The molecule has 0 atom stereocenters. The van der Waals surface area contributed by atoms with Gasteiger partial charge in [-0.3, -0.25) is 9.69 Å². The Morgan fingerprint density at radius 3 is 2.47 bits per heavy atom. The number of carbonyl (C=O) groups excluding carboxylic acids is 1. The van der Waals surface area contributed by atoms with E-state index in [-0.39, 0.29) is 17.3 Å². The lowest BCUT2D eigenvalue weighted by molar-refractivity contribution is 0.0945. The summed E-state index contributed by atoms with van der Waals surface area (Å²) in [6.07, 6.45) is 3.63. The van der Waals surface area contributed by atoms with Crippen LogP contribution in [0.4, 0.5) is 5.82 Å². The maximum absolute atomic E-state index is 13.1. The van der Waals surface area contributed by atoms with Crippen molar-refractivity contribution in [3.8, 4) is 23.1 Å². The summed E-state index contributed by atoms with van der Waals surface area (Å²) >= 11 is 0. The van der Waals surface area contributed by atoms with Crippen LogP contribution in [0, 0.1) is 0 Å². The first-order valence-electron chi connectivity index (χ1n) is 10.4. The van der Waals surface area contributed by atoms with E-state index in [1.54, 1.807) is 12.1 Å². The molecule has 1 aliphatic rings. The van der Waals surface area contributed by atoms with Crippen molar-refractivity contribution in [1.82, 2.24) is 35.6 Å². The number of aromatic nitrogens is 5. The number of likely N-dealkylation sites (tertiary alicyclic amines) is 1. The fraction of sp³-hybridized carbons (Fsp3) is 0.400. The SMILES string of the molecule is COc1cc(/C=N/NC(=O)c2c(CN3CCCC3)nnn2-c2nonc2N)cc(OC)c1OC. The second-order valence-electron chi connectivity index (χ2n) is 7.41. The number of nitrogens with zero attached hydrogens (tertiary/aromatic N) is 7. The molecule has 4 rings (SSSR count). The van der Waals surface area contributed by atoms with Gasteiger partial charge in [0.05, 0.1) is 27.5 Å². The van der Waals surface area contributed by atoms with Crippen LogP contribution in [0.3, 0.4) is 0 Å². The lowest BCUT2D eigenvalue weighted by Gasteiger charge is -2.13. The van der Waals surface area contributed by atoms with Gasteiger partial charge in [-0.25, -0.2) is 10.1 Å². The molecule has 2 aromatic heterocycles. The van der Waals surface area contributed by atoms with Crippen molar-refractivity contribution in [1.29, 1.82) is 0 Å². The molecule has 1 amide bonds. The molecule has 14 nitrogen and oxygen atoms in total. The number of carbonyl (C=O) groups is 1. The number of nitrogens with one attached hydrogen (secondary N) is 1. The highest BCUT2D eigenvalue weighted by Gasteiger charge is 2.27. The van der Waals surface area contributed by atoms with Crippen molar-refractivity contribution < 1.29 is 23.6 Å². The number of hydrogen-bond acceptors (Lipinski definition) is 12. The van der Waals surface area contributed by atoms with E-state index in [4.69, 9.17) is 19.9 Å². The Labute approximate surface area is 194 Å². The molecule has 0 bridgehead atoms. The Hall–Kier alpha value is -4.20. The van der Waals surface area contributed by atoms with Crippen LogP contribution in [-0.2, 0) is 6.54 Å². The lowest BCUT2D eigenvalue weighted by Crippen LogP contribution is -2.26. The molecule has 1 fully saturated rings. The smallest absolute Gasteiger partial charge is 0.292 e. The quantitative estimate of drug-likeness (QED) is 0.331. The highest BCUT2D eigenvalue weighted by Crippen LogP contribution is 2.37. The predicted octanol–water partition coefficient (Wildman–Crippen LogP) is 0.618. The van der Waals surface area contributed by atoms with Gasteiger partial charge in [0.2, 0.25) is 17.4 Å². The predicted molar refractivity (Wildman–Crippen MR) is 119 cm³/mol. The maximum Gasteiger partial charge on any atom is 0.292 e. The van der Waals surface area contributed by atoms with Crippen molar-refractivity contribution >= 4 is 17.9 Å². The molecule has 1 saturated heterocycles. The van der Waals surface area contributed by atoms with Gasteiger partial charge >= 0.3 is 0 Å². The van der Waals surface area contributed by atoms with Crippen molar-refractivity contribution in [2.45, 2.75) is 19.4 Å². The van der Waals surface area contributed by atoms with Gasteiger partial charge in [0, 0.05) is 12.1 Å². The van der Waals surface area contributed by atoms with E-state index in [1.165, 1.54) is 32.2 Å². The number of rotatable bonds is 9. The fourth-order valence-electron chi connectivity index (χ4n) is 3.68. The van der Waals surface area contributed by atoms with Gasteiger partial charge in [0.25, 0.3) is 5.91 Å². The summed E-state index contributed by atoms with van der Waals surface area (Å²) in [5.74, 6) is 0.862. The van der Waals surface area contributed by atoms with Crippen LogP contribution < -0.4 is 25.4 Å². The van der Waals surface area contributed by atoms with E-state index in [1.807, 2.05) is 0 Å². The minimum Gasteiger partial charge on any atom is -0.493 e. The van der Waals surface area contributed by atoms with E-state index in [2.05, 4.69) is 40.7 Å². The molecule has 1 aromatic carbocycles. The fourth-order valence-corrected chi connectivity index (χ4v) is 3.68. The van der Waals surface area contributed by atoms with E-state index in [9.17, 15) is 4.79 Å². The van der Waals surface area contributed by atoms with Crippen LogP contribution in [-0.4, -0.2) is 76.7 Å². The van der Waals surface area contributed by atoms with Crippen LogP contribution in [0.5, 0.6) is 17.2 Å². The second-order valence-corrected chi connectivity index (χ2v) is 7.41. The summed E-state index contributed by atoms with van der Waals surface area (Å²) in [5.41, 5.74) is 9.52. The van der Waals surface area contributed by atoms with E-state index in [0.717, 1.165) is 25.9 Å². The summed E-state index contributed by atoms with van der Waals surface area (Å²) in [4.78, 5) is 15.3. The molecule has 0 saturated carbocycles. The number of benzene rings is 1. The van der Waals surface area contributed by atoms with Gasteiger partial charge in [-0.05, 0) is 48.4 Å². The molecule has 0 radical (unpaired) electrons. The summed E-state index contributed by atoms with van der Waals surface area (Å²) < 4.78 is 21.9. The third kappa shape index (κ3) is 4.61. The molecule has 3 heterocycles. The van der Waals surface area contributed by atoms with Crippen LogP contribution in [0.2, 0.25) is 0 Å². The van der Waals surface area contributed by atoms with Gasteiger partial charge in [-0.2, -0.15) is 9.78 Å². The first-order valence-corrected chi connectivity index (χ1v) is 10.4. The molecule has 3 aromatic rings. The summed E-state index contributed by atoms with van der Waals surface area (Å²) in [6, 6.07) is 3.40. The minimum atomic E-state index is -0.551. The third-order valence-electron chi connectivity index (χ3n) is 5.29. The van der Waals surface area contributed by atoms with Gasteiger partial charge < -0.3 is 19.9 Å². The largest absolute Gasteiger partial charge is 0.493 e. The Bertz CT molecular complexity index is 1160. The zero-order valence-electron chi connectivity index (χ0n) is 19.0. The van der Waals surface area contributed by atoms with E-state index < -0.39 is 5.91 Å². The average molecular weight is 471 g/mol. The van der Waals surface area contributed by atoms with Crippen molar-refractivity contribution in [3.05, 3.63) is 29.1 Å². The molecule has 0 spiro atoms. The number of nitrogens with two attached hydrogens (primary N) is 1. The first-order chi connectivity index (χ1) is 16.5. The van der Waals surface area contributed by atoms with Crippen LogP contribution >= 0.6 is 0 Å². The van der Waals surface area contributed by atoms with E-state index in [0.29, 0.717) is 35.1 Å². The van der Waals surface area contributed by atoms with Crippen LogP contribution in [0.15, 0.2) is 21.9 Å². The standard InChI is InChI=1S/C20H25N9O5/c1-31-14-8-12(9-15(32-2)17(14)33-3)10-22-24-20(30)16-13(11-28-6-4-5-7-28)23-27-29(16)19-18(21)25-34-26-19/h8-10H,4-7,11H2,1-3H3,(H2,21,25)(H,24,30)/b22-10+. The van der Waals surface area contributed by atoms with Gasteiger partial charge in [0.1, 0.15) is 5.69 Å². The van der Waals surface area contributed by atoms with Crippen molar-refractivity contribution in [2.75, 3.05) is 40.2 Å². The number of anilines is 1. The summed E-state index contributed by atoms with van der Waals surface area (Å²) in [5, 5.41) is 19.6. The topological polar surface area (TPSA) is 168 Å². The minimum absolute atomic E-state index is 0.0207. The van der Waals surface area contributed by atoms with Gasteiger partial charge in [0.15, 0.2) is 17.2 Å². The highest BCUT2D eigenvalue weighted by atomic mass is 16.6. The molecule has 1 aliphatic heterocycles. The third-order valence-corrected chi connectivity index (χ3v) is 5.29. The number of hydrogen-bond donors (Lipinski definition) is 2. The van der Waals surface area contributed by atoms with Crippen molar-refractivity contribution in [2.24, 2.45) is 5.10 Å². The molecule has 3 N–H and O–H groups in total. The second kappa shape index (κ2) is 10.2. The molecular weight excluding hydrogens is 446 g/mol. The number of amides is 1. The lowest BCUT2D eigenvalue weighted by atomic mass is 10.2. The van der Waals surface area contributed by atoms with Gasteiger partial charge in [-0.15, -0.1) is 5.10 Å². The van der Waals surface area contributed by atoms with Crippen molar-refractivity contribution in [3.63, 3.8) is 0 Å². The zero-order valence-corrected chi connectivity index (χ0v) is 19.0. The highest BCUT2D eigenvalue weighted by molar-refractivity contribution is 5.95.